The maximum Gasteiger partial charge on any atom is 0.317 e. The van der Waals surface area contributed by atoms with Crippen molar-refractivity contribution in [2.75, 3.05) is 27.0 Å². The van der Waals surface area contributed by atoms with Crippen molar-refractivity contribution in [2.45, 2.75) is 38.4 Å². The second-order valence-electron chi connectivity index (χ2n) is 6.19. The molecule has 1 aliphatic carbocycles. The van der Waals surface area contributed by atoms with E-state index in [9.17, 15) is 4.79 Å². The molecule has 1 saturated carbocycles. The van der Waals surface area contributed by atoms with Crippen LogP contribution in [0.3, 0.4) is 0 Å². The van der Waals surface area contributed by atoms with Crippen LogP contribution in [0.15, 0.2) is 12.1 Å². The summed E-state index contributed by atoms with van der Waals surface area (Å²) < 4.78 is 16.2. The number of carbonyl (C=O) groups is 1. The largest absolute Gasteiger partial charge is 0.493 e. The van der Waals surface area contributed by atoms with Crippen LogP contribution < -0.4 is 19.5 Å². The molecule has 24 heavy (non-hydrogen) atoms. The van der Waals surface area contributed by atoms with Gasteiger partial charge in [0, 0.05) is 18.6 Å². The highest BCUT2D eigenvalue weighted by Crippen LogP contribution is 2.41. The quantitative estimate of drug-likeness (QED) is 0.744. The molecule has 0 radical (unpaired) electrons. The molecule has 0 aromatic heterocycles. The molecule has 1 fully saturated rings. The molecule has 1 heterocycles. The molecule has 2 aliphatic rings. The molecule has 0 saturated heterocycles. The Morgan fingerprint density at radius 3 is 2.88 bits per heavy atom. The lowest BCUT2D eigenvalue weighted by Gasteiger charge is -2.42. The van der Waals surface area contributed by atoms with E-state index in [0.29, 0.717) is 23.6 Å². The fraction of sp³-hybridized carbons (Fsp3) is 0.588. The summed E-state index contributed by atoms with van der Waals surface area (Å²) >= 11 is 0. The van der Waals surface area contributed by atoms with Gasteiger partial charge in [-0.3, -0.25) is 9.69 Å². The predicted molar refractivity (Wildman–Crippen MR) is 87.6 cm³/mol. The van der Waals surface area contributed by atoms with E-state index in [4.69, 9.17) is 19.3 Å². The standard InChI is InChI=1S/C17H24N2O5/c1-3-19(9-16(20)21)13-6-12(7-13)18-8-11-4-14(22-2)17-15(5-11)23-10-24-17/h4-5,12-13,18H,3,6-10H2,1-2H3,(H,20,21). The highest BCUT2D eigenvalue weighted by molar-refractivity contribution is 5.69. The third kappa shape index (κ3) is 3.57. The summed E-state index contributed by atoms with van der Waals surface area (Å²) in [5.41, 5.74) is 1.08. The average Bonchev–Trinajstić information content (AvgIpc) is 2.99. The van der Waals surface area contributed by atoms with Crippen molar-refractivity contribution >= 4 is 5.97 Å². The van der Waals surface area contributed by atoms with Crippen LogP contribution in [-0.4, -0.2) is 55.1 Å². The number of carboxylic acid groups (broad SMARTS) is 1. The number of aliphatic carboxylic acids is 1. The van der Waals surface area contributed by atoms with Gasteiger partial charge in [-0.15, -0.1) is 0 Å². The van der Waals surface area contributed by atoms with Gasteiger partial charge in [-0.1, -0.05) is 6.92 Å². The van der Waals surface area contributed by atoms with Gasteiger partial charge >= 0.3 is 5.97 Å². The summed E-state index contributed by atoms with van der Waals surface area (Å²) in [4.78, 5) is 12.9. The molecule has 0 atom stereocenters. The summed E-state index contributed by atoms with van der Waals surface area (Å²) in [6, 6.07) is 4.69. The van der Waals surface area contributed by atoms with E-state index in [1.807, 2.05) is 24.0 Å². The fourth-order valence-electron chi connectivity index (χ4n) is 3.27. The van der Waals surface area contributed by atoms with Gasteiger partial charge in [-0.2, -0.15) is 0 Å². The van der Waals surface area contributed by atoms with Crippen LogP contribution in [-0.2, 0) is 11.3 Å². The van der Waals surface area contributed by atoms with E-state index >= 15 is 0 Å². The number of methoxy groups -OCH3 is 1. The number of likely N-dealkylation sites (N-methyl/N-ethyl adjacent to an activating group) is 1. The number of carboxylic acids is 1. The Kier molecular flexibility index (Phi) is 5.11. The lowest BCUT2D eigenvalue weighted by Crippen LogP contribution is -2.53. The highest BCUT2D eigenvalue weighted by atomic mass is 16.7. The third-order valence-electron chi connectivity index (χ3n) is 4.69. The SMILES string of the molecule is CCN(CC(=O)O)C1CC(NCc2cc(OC)c3c(c2)OCO3)C1. The highest BCUT2D eigenvalue weighted by Gasteiger charge is 2.33. The van der Waals surface area contributed by atoms with E-state index < -0.39 is 5.97 Å². The molecular formula is C17H24N2O5. The van der Waals surface area contributed by atoms with Gasteiger partial charge in [0.15, 0.2) is 11.5 Å². The van der Waals surface area contributed by atoms with E-state index in [-0.39, 0.29) is 13.3 Å². The van der Waals surface area contributed by atoms with Gasteiger partial charge in [0.1, 0.15) is 0 Å². The Balaban J connectivity index is 1.50. The zero-order valence-corrected chi connectivity index (χ0v) is 14.1. The molecule has 0 bridgehead atoms. The molecule has 7 nitrogen and oxygen atoms in total. The first-order valence-electron chi connectivity index (χ1n) is 8.26. The zero-order chi connectivity index (χ0) is 17.1. The summed E-state index contributed by atoms with van der Waals surface area (Å²) in [5.74, 6) is 1.31. The van der Waals surface area contributed by atoms with Crippen molar-refractivity contribution in [3.05, 3.63) is 17.7 Å². The summed E-state index contributed by atoms with van der Waals surface area (Å²) in [5, 5.41) is 12.5. The van der Waals surface area contributed by atoms with Crippen molar-refractivity contribution in [2.24, 2.45) is 0 Å². The second kappa shape index (κ2) is 7.27. The Labute approximate surface area is 141 Å². The molecule has 3 rings (SSSR count). The maximum atomic E-state index is 10.9. The Morgan fingerprint density at radius 1 is 1.42 bits per heavy atom. The first-order valence-corrected chi connectivity index (χ1v) is 8.26. The minimum atomic E-state index is -0.763. The monoisotopic (exact) mass is 336 g/mol. The topological polar surface area (TPSA) is 80.3 Å². The molecule has 132 valence electrons. The van der Waals surface area contributed by atoms with Crippen molar-refractivity contribution in [3.8, 4) is 17.2 Å². The van der Waals surface area contributed by atoms with E-state index in [0.717, 1.165) is 37.2 Å². The molecule has 1 aliphatic heterocycles. The number of fused-ring (bicyclic) bond motifs is 1. The predicted octanol–water partition coefficient (Wildman–Crippen LogP) is 1.45. The maximum absolute atomic E-state index is 10.9. The lowest BCUT2D eigenvalue weighted by molar-refractivity contribution is -0.139. The normalized spacial score (nSPS) is 21.6. The first-order chi connectivity index (χ1) is 11.6. The Morgan fingerprint density at radius 2 is 2.21 bits per heavy atom. The van der Waals surface area contributed by atoms with Crippen LogP contribution in [0.5, 0.6) is 17.2 Å². The van der Waals surface area contributed by atoms with Crippen LogP contribution in [0.4, 0.5) is 0 Å². The van der Waals surface area contributed by atoms with Crippen molar-refractivity contribution in [1.82, 2.24) is 10.2 Å². The lowest BCUT2D eigenvalue weighted by atomic mass is 9.85. The zero-order valence-electron chi connectivity index (χ0n) is 14.1. The average molecular weight is 336 g/mol. The van der Waals surface area contributed by atoms with Crippen LogP contribution in [0.1, 0.15) is 25.3 Å². The second-order valence-corrected chi connectivity index (χ2v) is 6.19. The van der Waals surface area contributed by atoms with Crippen LogP contribution in [0.2, 0.25) is 0 Å². The van der Waals surface area contributed by atoms with Gasteiger partial charge in [-0.25, -0.2) is 0 Å². The number of nitrogens with one attached hydrogen (secondary N) is 1. The number of benzene rings is 1. The smallest absolute Gasteiger partial charge is 0.317 e. The van der Waals surface area contributed by atoms with Crippen molar-refractivity contribution in [3.63, 3.8) is 0 Å². The summed E-state index contributed by atoms with van der Waals surface area (Å²) in [6.45, 7) is 3.83. The van der Waals surface area contributed by atoms with Gasteiger partial charge in [-0.05, 0) is 37.1 Å². The molecule has 7 heteroatoms. The Hall–Kier alpha value is -1.99. The summed E-state index contributed by atoms with van der Waals surface area (Å²) in [6.07, 6.45) is 1.95. The van der Waals surface area contributed by atoms with Crippen LogP contribution in [0, 0.1) is 0 Å². The van der Waals surface area contributed by atoms with Crippen LogP contribution >= 0.6 is 0 Å². The number of hydrogen-bond acceptors (Lipinski definition) is 6. The van der Waals surface area contributed by atoms with Crippen molar-refractivity contribution in [1.29, 1.82) is 0 Å². The number of rotatable bonds is 8. The molecule has 2 N–H and O–H groups in total. The fourth-order valence-corrected chi connectivity index (χ4v) is 3.27. The van der Waals surface area contributed by atoms with E-state index in [1.54, 1.807) is 7.11 Å². The molecule has 0 spiro atoms. The third-order valence-corrected chi connectivity index (χ3v) is 4.69. The van der Waals surface area contributed by atoms with Crippen molar-refractivity contribution < 1.29 is 24.1 Å². The van der Waals surface area contributed by atoms with Crippen LogP contribution in [0.25, 0.3) is 0 Å². The number of ether oxygens (including phenoxy) is 3. The van der Waals surface area contributed by atoms with E-state index in [2.05, 4.69) is 5.32 Å². The van der Waals surface area contributed by atoms with Gasteiger partial charge in [0.05, 0.1) is 13.7 Å². The number of hydrogen-bond donors (Lipinski definition) is 2. The molecule has 0 unspecified atom stereocenters. The molecular weight excluding hydrogens is 312 g/mol. The molecule has 1 aromatic carbocycles. The number of nitrogens with zero attached hydrogens (tertiary/aromatic N) is 1. The molecule has 0 amide bonds. The Bertz CT molecular complexity index is 601. The van der Waals surface area contributed by atoms with Gasteiger partial charge in [0.25, 0.3) is 0 Å². The summed E-state index contributed by atoms with van der Waals surface area (Å²) in [7, 11) is 1.62. The first kappa shape index (κ1) is 16.9. The minimum absolute atomic E-state index is 0.118. The minimum Gasteiger partial charge on any atom is -0.493 e. The van der Waals surface area contributed by atoms with Gasteiger partial charge in [0.2, 0.25) is 12.5 Å². The van der Waals surface area contributed by atoms with Gasteiger partial charge < -0.3 is 24.6 Å². The molecule has 1 aromatic rings. The van der Waals surface area contributed by atoms with E-state index in [1.165, 1.54) is 0 Å².